The van der Waals surface area contributed by atoms with Crippen molar-refractivity contribution in [2.24, 2.45) is 0 Å². The Morgan fingerprint density at radius 2 is 1.13 bits per heavy atom. The minimum Gasteiger partial charge on any atom is -0.297 e. The van der Waals surface area contributed by atoms with Crippen LogP contribution >= 0.6 is 0 Å². The molecule has 4 rings (SSSR count). The number of benzene rings is 3. The highest BCUT2D eigenvalue weighted by Gasteiger charge is 2.23. The summed E-state index contributed by atoms with van der Waals surface area (Å²) >= 11 is 0. The lowest BCUT2D eigenvalue weighted by Gasteiger charge is -2.20. The molecular weight excluding hydrogens is 280 g/mol. The van der Waals surface area contributed by atoms with Gasteiger partial charge in [-0.05, 0) is 23.3 Å². The Morgan fingerprint density at radius 1 is 0.609 bits per heavy atom. The van der Waals surface area contributed by atoms with E-state index in [9.17, 15) is 0 Å². The van der Waals surface area contributed by atoms with E-state index in [0.717, 1.165) is 6.54 Å². The minimum absolute atomic E-state index is 0.845. The topological polar surface area (TPSA) is 15.3 Å². The van der Waals surface area contributed by atoms with Crippen molar-refractivity contribution in [3.05, 3.63) is 102 Å². The summed E-state index contributed by atoms with van der Waals surface area (Å²) in [6, 6.07) is 31.6. The number of nitrogens with zero attached hydrogens (tertiary/aromatic N) is 1. The number of nitrogens with one attached hydrogen (secondary N) is 1. The number of hydrogen-bond acceptors (Lipinski definition) is 2. The Morgan fingerprint density at radius 3 is 1.74 bits per heavy atom. The first-order valence-corrected chi connectivity index (χ1v) is 7.85. The quantitative estimate of drug-likeness (QED) is 0.761. The van der Waals surface area contributed by atoms with Gasteiger partial charge >= 0.3 is 0 Å². The summed E-state index contributed by atoms with van der Waals surface area (Å²) in [5.74, 6) is 0. The van der Waals surface area contributed by atoms with Gasteiger partial charge in [0.25, 0.3) is 0 Å². The van der Waals surface area contributed by atoms with Gasteiger partial charge in [-0.15, -0.1) is 0 Å². The normalized spacial score (nSPS) is 14.0. The van der Waals surface area contributed by atoms with Crippen molar-refractivity contribution in [3.63, 3.8) is 0 Å². The van der Waals surface area contributed by atoms with Crippen LogP contribution in [0.4, 0.5) is 5.69 Å². The molecule has 1 N–H and O–H groups in total. The largest absolute Gasteiger partial charge is 0.297 e. The van der Waals surface area contributed by atoms with Gasteiger partial charge in [0.2, 0.25) is 0 Å². The Bertz CT molecular complexity index is 757. The highest BCUT2D eigenvalue weighted by Crippen LogP contribution is 2.32. The molecule has 0 fully saturated rings. The summed E-state index contributed by atoms with van der Waals surface area (Å²) in [6.45, 7) is 0.845. The van der Waals surface area contributed by atoms with E-state index in [-0.39, 0.29) is 0 Å². The van der Waals surface area contributed by atoms with Gasteiger partial charge in [0, 0.05) is 5.57 Å². The maximum atomic E-state index is 3.59. The number of hydrazine groups is 1. The van der Waals surface area contributed by atoms with Crippen LogP contribution in [-0.2, 0) is 0 Å². The van der Waals surface area contributed by atoms with Crippen molar-refractivity contribution in [2.45, 2.75) is 0 Å². The Labute approximate surface area is 136 Å². The lowest BCUT2D eigenvalue weighted by molar-refractivity contribution is 0.854. The number of anilines is 1. The van der Waals surface area contributed by atoms with Gasteiger partial charge < -0.3 is 0 Å². The smallest absolute Gasteiger partial charge is 0.0671 e. The fraction of sp³-hybridized carbons (Fsp3) is 0.0476. The highest BCUT2D eigenvalue weighted by molar-refractivity contribution is 5.95. The maximum Gasteiger partial charge on any atom is 0.0671 e. The molecule has 3 aromatic carbocycles. The van der Waals surface area contributed by atoms with Crippen molar-refractivity contribution >= 4 is 17.0 Å². The van der Waals surface area contributed by atoms with E-state index in [0.29, 0.717) is 0 Å². The summed E-state index contributed by atoms with van der Waals surface area (Å²) < 4.78 is 0. The fourth-order valence-corrected chi connectivity index (χ4v) is 2.96. The van der Waals surface area contributed by atoms with Crippen molar-refractivity contribution in [3.8, 4) is 0 Å². The third kappa shape index (κ3) is 2.71. The van der Waals surface area contributed by atoms with Crippen LogP contribution in [0.5, 0.6) is 0 Å². The first-order valence-electron chi connectivity index (χ1n) is 7.85. The molecule has 0 bridgehead atoms. The van der Waals surface area contributed by atoms with E-state index in [2.05, 4.69) is 95.4 Å². The Balaban J connectivity index is 1.76. The third-order valence-electron chi connectivity index (χ3n) is 4.12. The first-order chi connectivity index (χ1) is 11.4. The number of para-hydroxylation sites is 1. The average Bonchev–Trinajstić information content (AvgIpc) is 3.09. The van der Waals surface area contributed by atoms with Crippen LogP contribution in [0.3, 0.4) is 0 Å². The molecule has 0 saturated heterocycles. The van der Waals surface area contributed by atoms with Crippen LogP contribution in [-0.4, -0.2) is 6.54 Å². The van der Waals surface area contributed by atoms with Crippen molar-refractivity contribution in [1.29, 1.82) is 0 Å². The second-order valence-corrected chi connectivity index (χ2v) is 5.62. The predicted molar refractivity (Wildman–Crippen MR) is 96.6 cm³/mol. The first kappa shape index (κ1) is 13.6. The second kappa shape index (κ2) is 6.01. The van der Waals surface area contributed by atoms with E-state index >= 15 is 0 Å². The molecule has 0 spiro atoms. The van der Waals surface area contributed by atoms with Crippen molar-refractivity contribution < 1.29 is 0 Å². The Hall–Kier alpha value is -3.00. The summed E-state index contributed by atoms with van der Waals surface area (Å²) in [6.07, 6.45) is 0. The lowest BCUT2D eigenvalue weighted by Crippen LogP contribution is -2.31. The third-order valence-corrected chi connectivity index (χ3v) is 4.12. The minimum atomic E-state index is 0.845. The molecule has 23 heavy (non-hydrogen) atoms. The highest BCUT2D eigenvalue weighted by atomic mass is 15.5. The number of hydrogen-bond donors (Lipinski definition) is 1. The van der Waals surface area contributed by atoms with Crippen LogP contribution < -0.4 is 10.4 Å². The SMILES string of the molecule is c1ccc(C2=C(c3ccccc3)NN(c3ccccc3)C2)cc1. The molecular formula is C21H18N2. The van der Waals surface area contributed by atoms with Crippen molar-refractivity contribution in [1.82, 2.24) is 5.43 Å². The predicted octanol–water partition coefficient (Wildman–Crippen LogP) is 4.58. The Kier molecular flexibility index (Phi) is 3.57. The van der Waals surface area contributed by atoms with Gasteiger partial charge in [0.1, 0.15) is 0 Å². The van der Waals surface area contributed by atoms with Gasteiger partial charge in [0.15, 0.2) is 0 Å². The average molecular weight is 298 g/mol. The molecule has 0 radical (unpaired) electrons. The summed E-state index contributed by atoms with van der Waals surface area (Å²) in [7, 11) is 0. The second-order valence-electron chi connectivity index (χ2n) is 5.62. The van der Waals surface area contributed by atoms with Gasteiger partial charge in [-0.1, -0.05) is 78.9 Å². The molecule has 3 aromatic rings. The van der Waals surface area contributed by atoms with Crippen LogP contribution in [0.25, 0.3) is 11.3 Å². The zero-order valence-corrected chi connectivity index (χ0v) is 12.8. The molecule has 0 atom stereocenters. The van der Waals surface area contributed by atoms with Gasteiger partial charge in [-0.3, -0.25) is 10.4 Å². The van der Waals surface area contributed by atoms with Crippen molar-refractivity contribution in [2.75, 3.05) is 11.6 Å². The van der Waals surface area contributed by atoms with Crippen LogP contribution in [0, 0.1) is 0 Å². The van der Waals surface area contributed by atoms with E-state index in [1.165, 1.54) is 28.1 Å². The molecule has 0 saturated carbocycles. The van der Waals surface area contributed by atoms with Crippen LogP contribution in [0.2, 0.25) is 0 Å². The van der Waals surface area contributed by atoms with E-state index in [1.807, 2.05) is 6.07 Å². The standard InChI is InChI=1S/C21H18N2/c1-4-10-17(11-5-1)20-16-23(19-14-8-3-9-15-19)22-21(20)18-12-6-2-7-13-18/h1-15,22H,16H2. The molecule has 1 aliphatic heterocycles. The van der Waals surface area contributed by atoms with E-state index in [1.54, 1.807) is 0 Å². The fourth-order valence-electron chi connectivity index (χ4n) is 2.96. The van der Waals surface area contributed by atoms with Gasteiger partial charge in [0.05, 0.1) is 17.9 Å². The van der Waals surface area contributed by atoms with Gasteiger partial charge in [-0.2, -0.15) is 0 Å². The van der Waals surface area contributed by atoms with Gasteiger partial charge in [-0.25, -0.2) is 0 Å². The molecule has 2 heteroatoms. The lowest BCUT2D eigenvalue weighted by atomic mass is 10.0. The summed E-state index contributed by atoms with van der Waals surface area (Å²) in [5.41, 5.74) is 9.73. The molecule has 1 heterocycles. The zero-order valence-electron chi connectivity index (χ0n) is 12.8. The molecule has 0 unspecified atom stereocenters. The molecule has 2 nitrogen and oxygen atoms in total. The van der Waals surface area contributed by atoms with Crippen LogP contribution in [0.15, 0.2) is 91.0 Å². The summed E-state index contributed by atoms with van der Waals surface area (Å²) in [5, 5.41) is 2.20. The number of rotatable bonds is 3. The monoisotopic (exact) mass is 298 g/mol. The van der Waals surface area contributed by atoms with E-state index in [4.69, 9.17) is 0 Å². The molecule has 0 aromatic heterocycles. The summed E-state index contributed by atoms with van der Waals surface area (Å²) in [4.78, 5) is 0. The zero-order chi connectivity index (χ0) is 15.5. The van der Waals surface area contributed by atoms with Crippen LogP contribution in [0.1, 0.15) is 11.1 Å². The molecule has 112 valence electrons. The maximum absolute atomic E-state index is 3.59. The molecule has 1 aliphatic rings. The molecule has 0 aliphatic carbocycles. The molecule has 0 amide bonds. The van der Waals surface area contributed by atoms with E-state index < -0.39 is 0 Å².